The van der Waals surface area contributed by atoms with Gasteiger partial charge in [-0.2, -0.15) is 0 Å². The van der Waals surface area contributed by atoms with Gasteiger partial charge in [0.2, 0.25) is 0 Å². The number of nitrogens with zero attached hydrogens (tertiary/aromatic N) is 2. The zero-order valence-corrected chi connectivity index (χ0v) is 13.2. The molecule has 0 saturated carbocycles. The van der Waals surface area contributed by atoms with E-state index in [1.807, 2.05) is 32.0 Å². The largest absolute Gasteiger partial charge is 0.444 e. The predicted molar refractivity (Wildman–Crippen MR) is 84.9 cm³/mol. The summed E-state index contributed by atoms with van der Waals surface area (Å²) >= 11 is 6.06. The molecule has 1 aliphatic heterocycles. The Morgan fingerprint density at radius 2 is 2.29 bits per heavy atom. The van der Waals surface area contributed by atoms with Gasteiger partial charge in [-0.05, 0) is 31.5 Å². The van der Waals surface area contributed by atoms with E-state index in [2.05, 4.69) is 21.3 Å². The fourth-order valence-corrected chi connectivity index (χ4v) is 2.99. The first-order valence-electron chi connectivity index (χ1n) is 7.28. The molecule has 1 aliphatic rings. The average molecular weight is 306 g/mol. The molecular weight excluding hydrogens is 286 g/mol. The molecule has 0 radical (unpaired) electrons. The second-order valence-electron chi connectivity index (χ2n) is 5.53. The van der Waals surface area contributed by atoms with Crippen molar-refractivity contribution in [2.24, 2.45) is 0 Å². The van der Waals surface area contributed by atoms with E-state index in [-0.39, 0.29) is 0 Å². The van der Waals surface area contributed by atoms with E-state index < -0.39 is 0 Å². The topological polar surface area (TPSA) is 41.3 Å². The van der Waals surface area contributed by atoms with Crippen LogP contribution in [0.4, 0.5) is 5.69 Å². The first-order chi connectivity index (χ1) is 10.1. The number of hydrogen-bond donors (Lipinski definition) is 1. The Kier molecular flexibility index (Phi) is 4.17. The van der Waals surface area contributed by atoms with E-state index in [1.54, 1.807) is 0 Å². The van der Waals surface area contributed by atoms with Gasteiger partial charge in [0, 0.05) is 36.8 Å². The quantitative estimate of drug-likeness (QED) is 0.941. The highest BCUT2D eigenvalue weighted by atomic mass is 35.5. The van der Waals surface area contributed by atoms with Crippen LogP contribution in [0.25, 0.3) is 0 Å². The molecule has 21 heavy (non-hydrogen) atoms. The first kappa shape index (κ1) is 14.4. The standard InChI is InChI=1S/C16H20ClN3O/c1-11-16(21-12(2)19-11)9-18-14-6-7-20(10-14)15-5-3-4-13(17)8-15/h3-5,8,14,18H,6-7,9-10H2,1-2H3. The second-order valence-corrected chi connectivity index (χ2v) is 5.97. The average Bonchev–Trinajstić information content (AvgIpc) is 3.03. The predicted octanol–water partition coefficient (Wildman–Crippen LogP) is 3.31. The molecule has 1 aromatic carbocycles. The lowest BCUT2D eigenvalue weighted by Gasteiger charge is -2.19. The fraction of sp³-hybridized carbons (Fsp3) is 0.438. The van der Waals surface area contributed by atoms with Gasteiger partial charge in [0.15, 0.2) is 5.89 Å². The van der Waals surface area contributed by atoms with Crippen LogP contribution >= 0.6 is 11.6 Å². The molecule has 1 aromatic heterocycles. The number of rotatable bonds is 4. The summed E-state index contributed by atoms with van der Waals surface area (Å²) in [6.07, 6.45) is 1.12. The Bertz CT molecular complexity index is 626. The lowest BCUT2D eigenvalue weighted by atomic mass is 10.2. The molecule has 0 bridgehead atoms. The smallest absolute Gasteiger partial charge is 0.191 e. The highest BCUT2D eigenvalue weighted by Crippen LogP contribution is 2.23. The van der Waals surface area contributed by atoms with Crippen molar-refractivity contribution in [1.82, 2.24) is 10.3 Å². The lowest BCUT2D eigenvalue weighted by molar-refractivity contribution is 0.434. The molecule has 1 atom stereocenters. The lowest BCUT2D eigenvalue weighted by Crippen LogP contribution is -2.32. The van der Waals surface area contributed by atoms with Gasteiger partial charge >= 0.3 is 0 Å². The Hall–Kier alpha value is -1.52. The number of nitrogens with one attached hydrogen (secondary N) is 1. The number of aryl methyl sites for hydroxylation is 2. The van der Waals surface area contributed by atoms with Crippen molar-refractivity contribution in [2.45, 2.75) is 32.9 Å². The van der Waals surface area contributed by atoms with E-state index in [1.165, 1.54) is 5.69 Å². The minimum Gasteiger partial charge on any atom is -0.444 e. The maximum atomic E-state index is 6.06. The Labute approximate surface area is 130 Å². The summed E-state index contributed by atoms with van der Waals surface area (Å²) in [4.78, 5) is 6.66. The minimum atomic E-state index is 0.466. The molecular formula is C16H20ClN3O. The number of aromatic nitrogens is 1. The maximum Gasteiger partial charge on any atom is 0.191 e. The maximum absolute atomic E-state index is 6.06. The van der Waals surface area contributed by atoms with Crippen molar-refractivity contribution >= 4 is 17.3 Å². The molecule has 4 nitrogen and oxygen atoms in total. The molecule has 2 aromatic rings. The van der Waals surface area contributed by atoms with E-state index in [0.29, 0.717) is 6.04 Å². The fourth-order valence-electron chi connectivity index (χ4n) is 2.81. The third-order valence-corrected chi connectivity index (χ3v) is 4.15. The van der Waals surface area contributed by atoms with Crippen LogP contribution in [0.15, 0.2) is 28.7 Å². The summed E-state index contributed by atoms with van der Waals surface area (Å²) < 4.78 is 5.60. The third-order valence-electron chi connectivity index (χ3n) is 3.91. The van der Waals surface area contributed by atoms with Crippen LogP contribution in [0.2, 0.25) is 5.02 Å². The zero-order valence-electron chi connectivity index (χ0n) is 12.4. The van der Waals surface area contributed by atoms with Crippen LogP contribution in [0, 0.1) is 13.8 Å². The van der Waals surface area contributed by atoms with Gasteiger partial charge < -0.3 is 14.6 Å². The van der Waals surface area contributed by atoms with Crippen molar-refractivity contribution in [3.8, 4) is 0 Å². The van der Waals surface area contributed by atoms with Gasteiger partial charge in [0.05, 0.1) is 12.2 Å². The van der Waals surface area contributed by atoms with E-state index in [9.17, 15) is 0 Å². The summed E-state index contributed by atoms with van der Waals surface area (Å²) in [6, 6.07) is 8.51. The first-order valence-corrected chi connectivity index (χ1v) is 7.66. The second kappa shape index (κ2) is 6.08. The molecule has 1 fully saturated rings. The molecule has 0 aliphatic carbocycles. The van der Waals surface area contributed by atoms with Gasteiger partial charge in [-0.25, -0.2) is 4.98 Å². The Morgan fingerprint density at radius 3 is 3.00 bits per heavy atom. The molecule has 3 rings (SSSR count). The summed E-state index contributed by atoms with van der Waals surface area (Å²) in [5.41, 5.74) is 2.17. The monoisotopic (exact) mass is 305 g/mol. The van der Waals surface area contributed by atoms with Crippen LogP contribution in [0.1, 0.15) is 23.8 Å². The number of hydrogen-bond acceptors (Lipinski definition) is 4. The zero-order chi connectivity index (χ0) is 14.8. The van der Waals surface area contributed by atoms with Crippen LogP contribution in [-0.4, -0.2) is 24.1 Å². The normalized spacial score (nSPS) is 18.4. The van der Waals surface area contributed by atoms with Gasteiger partial charge in [-0.3, -0.25) is 0 Å². The number of benzene rings is 1. The summed E-state index contributed by atoms with van der Waals surface area (Å²) in [5.74, 6) is 1.67. The number of halogens is 1. The van der Waals surface area contributed by atoms with Crippen molar-refractivity contribution in [1.29, 1.82) is 0 Å². The molecule has 2 heterocycles. The number of anilines is 1. The number of oxazole rings is 1. The van der Waals surface area contributed by atoms with Gasteiger partial charge in [0.1, 0.15) is 5.76 Å². The van der Waals surface area contributed by atoms with Gasteiger partial charge in [-0.1, -0.05) is 17.7 Å². The molecule has 5 heteroatoms. The summed E-state index contributed by atoms with van der Waals surface area (Å²) in [5, 5.41) is 4.35. The molecule has 112 valence electrons. The van der Waals surface area contributed by atoms with E-state index in [0.717, 1.165) is 48.4 Å². The summed E-state index contributed by atoms with van der Waals surface area (Å²) in [7, 11) is 0. The molecule has 1 unspecified atom stereocenters. The molecule has 0 spiro atoms. The van der Waals surface area contributed by atoms with Crippen LogP contribution in [0.3, 0.4) is 0 Å². The Balaban J connectivity index is 1.56. The van der Waals surface area contributed by atoms with Crippen molar-refractivity contribution in [3.05, 3.63) is 46.6 Å². The third kappa shape index (κ3) is 3.39. The molecule has 1 saturated heterocycles. The minimum absolute atomic E-state index is 0.466. The van der Waals surface area contributed by atoms with Crippen LogP contribution in [-0.2, 0) is 6.54 Å². The molecule has 1 N–H and O–H groups in total. The van der Waals surface area contributed by atoms with Crippen molar-refractivity contribution in [2.75, 3.05) is 18.0 Å². The van der Waals surface area contributed by atoms with Gasteiger partial charge in [0.25, 0.3) is 0 Å². The van der Waals surface area contributed by atoms with Crippen molar-refractivity contribution < 1.29 is 4.42 Å². The highest BCUT2D eigenvalue weighted by Gasteiger charge is 2.23. The van der Waals surface area contributed by atoms with Crippen LogP contribution in [0.5, 0.6) is 0 Å². The van der Waals surface area contributed by atoms with E-state index >= 15 is 0 Å². The highest BCUT2D eigenvalue weighted by molar-refractivity contribution is 6.30. The van der Waals surface area contributed by atoms with Crippen molar-refractivity contribution in [3.63, 3.8) is 0 Å². The van der Waals surface area contributed by atoms with Crippen LogP contribution < -0.4 is 10.2 Å². The SMILES string of the molecule is Cc1nc(C)c(CNC2CCN(c3cccc(Cl)c3)C2)o1. The summed E-state index contributed by atoms with van der Waals surface area (Å²) in [6.45, 7) is 6.65. The van der Waals surface area contributed by atoms with Gasteiger partial charge in [-0.15, -0.1) is 0 Å². The van der Waals surface area contributed by atoms with E-state index in [4.69, 9.17) is 16.0 Å². The molecule has 0 amide bonds. The Morgan fingerprint density at radius 1 is 1.43 bits per heavy atom.